The number of hydrogen-bond donors (Lipinski definition) is 1. The summed E-state index contributed by atoms with van der Waals surface area (Å²) in [5.74, 6) is -0.0736. The van der Waals surface area contributed by atoms with Crippen LogP contribution in [0.1, 0.15) is 20.3 Å². The Hall–Kier alpha value is -0.890. The summed E-state index contributed by atoms with van der Waals surface area (Å²) in [6.45, 7) is 9.12. The highest BCUT2D eigenvalue weighted by Gasteiger charge is 2.29. The van der Waals surface area contributed by atoms with Gasteiger partial charge >= 0.3 is 0 Å². The van der Waals surface area contributed by atoms with E-state index in [0.717, 1.165) is 30.4 Å². The molecule has 0 radical (unpaired) electrons. The third-order valence-corrected chi connectivity index (χ3v) is 2.62. The van der Waals surface area contributed by atoms with Crippen LogP contribution in [0.15, 0.2) is 23.8 Å². The molecule has 1 rings (SSSR count). The first-order valence-corrected chi connectivity index (χ1v) is 4.99. The molecule has 14 heavy (non-hydrogen) atoms. The van der Waals surface area contributed by atoms with E-state index in [1.165, 1.54) is 0 Å². The van der Waals surface area contributed by atoms with Gasteiger partial charge in [-0.1, -0.05) is 32.1 Å². The van der Waals surface area contributed by atoms with Gasteiger partial charge in [0.15, 0.2) is 0 Å². The van der Waals surface area contributed by atoms with Gasteiger partial charge in [0.2, 0.25) is 0 Å². The molecular weight excluding hydrogens is 174 g/mol. The Morgan fingerprint density at radius 2 is 2.36 bits per heavy atom. The van der Waals surface area contributed by atoms with Crippen molar-refractivity contribution < 1.29 is 4.79 Å². The maximum Gasteiger partial charge on any atom is 0.131 e. The van der Waals surface area contributed by atoms with E-state index in [9.17, 15) is 4.79 Å². The first kappa shape index (κ1) is 11.2. The van der Waals surface area contributed by atoms with Crippen LogP contribution in [0.3, 0.4) is 0 Å². The predicted octanol–water partition coefficient (Wildman–Crippen LogP) is 1.93. The predicted molar refractivity (Wildman–Crippen MR) is 59.1 cm³/mol. The van der Waals surface area contributed by atoms with Crippen molar-refractivity contribution in [2.45, 2.75) is 20.3 Å². The molecule has 0 aromatic heterocycles. The van der Waals surface area contributed by atoms with Gasteiger partial charge in [-0.15, -0.1) is 0 Å². The second kappa shape index (κ2) is 4.09. The molecule has 0 spiro atoms. The number of carbonyl (C=O) groups excluding carboxylic acids is 1. The van der Waals surface area contributed by atoms with Crippen LogP contribution in [0.5, 0.6) is 0 Å². The summed E-state index contributed by atoms with van der Waals surface area (Å²) in [4.78, 5) is 10.9. The normalized spacial score (nSPS) is 25.8. The standard InChI is InChI=1S/C12H19NO/c1-9-5-12(2,3)6-10(7-13-4)11(9)8-14/h6,8,11,13H,1,5,7H2,2-4H3. The maximum absolute atomic E-state index is 10.9. The van der Waals surface area contributed by atoms with E-state index < -0.39 is 0 Å². The SMILES string of the molecule is C=C1CC(C)(C)C=C(CNC)C1C=O. The van der Waals surface area contributed by atoms with E-state index in [1.54, 1.807) is 0 Å². The summed E-state index contributed by atoms with van der Waals surface area (Å²) in [6.07, 6.45) is 4.11. The van der Waals surface area contributed by atoms with Crippen molar-refractivity contribution >= 4 is 6.29 Å². The van der Waals surface area contributed by atoms with Gasteiger partial charge in [-0.05, 0) is 24.5 Å². The lowest BCUT2D eigenvalue weighted by atomic mass is 9.72. The zero-order chi connectivity index (χ0) is 10.8. The number of hydrogen-bond acceptors (Lipinski definition) is 2. The van der Waals surface area contributed by atoms with Crippen LogP contribution in [0.25, 0.3) is 0 Å². The number of nitrogens with one attached hydrogen (secondary N) is 1. The molecule has 0 fully saturated rings. The number of allylic oxidation sites excluding steroid dienone is 2. The largest absolute Gasteiger partial charge is 0.316 e. The molecule has 1 aliphatic rings. The van der Waals surface area contributed by atoms with Gasteiger partial charge in [-0.2, -0.15) is 0 Å². The third kappa shape index (κ3) is 2.32. The summed E-state index contributed by atoms with van der Waals surface area (Å²) >= 11 is 0. The second-order valence-corrected chi connectivity index (χ2v) is 4.69. The molecule has 1 aliphatic carbocycles. The fourth-order valence-electron chi connectivity index (χ4n) is 2.15. The lowest BCUT2D eigenvalue weighted by molar-refractivity contribution is -0.109. The average molecular weight is 193 g/mol. The molecule has 2 heteroatoms. The fourth-order valence-corrected chi connectivity index (χ4v) is 2.15. The third-order valence-electron chi connectivity index (χ3n) is 2.62. The van der Waals surface area contributed by atoms with Crippen molar-refractivity contribution in [3.8, 4) is 0 Å². The smallest absolute Gasteiger partial charge is 0.131 e. The van der Waals surface area contributed by atoms with Gasteiger partial charge in [-0.3, -0.25) is 0 Å². The highest BCUT2D eigenvalue weighted by atomic mass is 16.1. The van der Waals surface area contributed by atoms with Gasteiger partial charge in [-0.25, -0.2) is 0 Å². The monoisotopic (exact) mass is 193 g/mol. The molecule has 78 valence electrons. The first-order valence-electron chi connectivity index (χ1n) is 4.99. The number of rotatable bonds is 3. The second-order valence-electron chi connectivity index (χ2n) is 4.69. The number of aldehydes is 1. The zero-order valence-corrected chi connectivity index (χ0v) is 9.26. The van der Waals surface area contributed by atoms with Crippen LogP contribution in [0, 0.1) is 11.3 Å². The van der Waals surface area contributed by atoms with Crippen molar-refractivity contribution in [3.63, 3.8) is 0 Å². The molecule has 0 amide bonds. The first-order chi connectivity index (χ1) is 6.50. The number of carbonyl (C=O) groups is 1. The molecule has 0 heterocycles. The van der Waals surface area contributed by atoms with Gasteiger partial charge in [0.05, 0.1) is 5.92 Å². The highest BCUT2D eigenvalue weighted by molar-refractivity contribution is 5.65. The molecule has 0 aliphatic heterocycles. The molecule has 1 N–H and O–H groups in total. The van der Waals surface area contributed by atoms with Crippen LogP contribution in [-0.2, 0) is 4.79 Å². The van der Waals surface area contributed by atoms with E-state index in [-0.39, 0.29) is 11.3 Å². The van der Waals surface area contributed by atoms with Crippen LogP contribution >= 0.6 is 0 Å². The van der Waals surface area contributed by atoms with E-state index >= 15 is 0 Å². The molecule has 1 unspecified atom stereocenters. The lowest BCUT2D eigenvalue weighted by Gasteiger charge is -2.33. The molecule has 1 atom stereocenters. The summed E-state index contributed by atoms with van der Waals surface area (Å²) in [6, 6.07) is 0. The van der Waals surface area contributed by atoms with E-state index in [2.05, 4.69) is 31.8 Å². The van der Waals surface area contributed by atoms with E-state index in [4.69, 9.17) is 0 Å². The van der Waals surface area contributed by atoms with Crippen molar-refractivity contribution in [2.24, 2.45) is 11.3 Å². The van der Waals surface area contributed by atoms with Crippen molar-refractivity contribution in [1.82, 2.24) is 5.32 Å². The van der Waals surface area contributed by atoms with Gasteiger partial charge in [0.25, 0.3) is 0 Å². The Balaban J connectivity index is 2.98. The molecule has 0 bridgehead atoms. The maximum atomic E-state index is 10.9. The summed E-state index contributed by atoms with van der Waals surface area (Å²) in [7, 11) is 1.90. The van der Waals surface area contributed by atoms with Crippen LogP contribution in [0.4, 0.5) is 0 Å². The minimum absolute atomic E-state index is 0.0736. The fraction of sp³-hybridized carbons (Fsp3) is 0.583. The van der Waals surface area contributed by atoms with Crippen molar-refractivity contribution in [3.05, 3.63) is 23.8 Å². The minimum Gasteiger partial charge on any atom is -0.316 e. The highest BCUT2D eigenvalue weighted by Crippen LogP contribution is 2.38. The summed E-state index contributed by atoms with van der Waals surface area (Å²) in [5.41, 5.74) is 2.34. The molecule has 2 nitrogen and oxygen atoms in total. The van der Waals surface area contributed by atoms with E-state index in [1.807, 2.05) is 7.05 Å². The molecule has 0 aromatic carbocycles. The average Bonchev–Trinajstić information content (AvgIpc) is 2.02. The Morgan fingerprint density at radius 1 is 1.71 bits per heavy atom. The Labute approximate surface area is 86.1 Å². The minimum atomic E-state index is -0.0736. The summed E-state index contributed by atoms with van der Waals surface area (Å²) in [5, 5.41) is 3.09. The quantitative estimate of drug-likeness (QED) is 0.548. The Bertz CT molecular complexity index is 276. The van der Waals surface area contributed by atoms with Crippen LogP contribution in [-0.4, -0.2) is 19.9 Å². The van der Waals surface area contributed by atoms with Crippen LogP contribution < -0.4 is 5.32 Å². The van der Waals surface area contributed by atoms with Crippen molar-refractivity contribution in [2.75, 3.05) is 13.6 Å². The molecule has 0 aromatic rings. The molecular formula is C12H19NO. The Kier molecular flexibility index (Phi) is 3.27. The lowest BCUT2D eigenvalue weighted by Crippen LogP contribution is -2.27. The van der Waals surface area contributed by atoms with Crippen molar-refractivity contribution in [1.29, 1.82) is 0 Å². The molecule has 0 saturated carbocycles. The van der Waals surface area contributed by atoms with Gasteiger partial charge in [0.1, 0.15) is 6.29 Å². The zero-order valence-electron chi connectivity index (χ0n) is 9.26. The summed E-state index contributed by atoms with van der Waals surface area (Å²) < 4.78 is 0. The van der Waals surface area contributed by atoms with Gasteiger partial charge < -0.3 is 10.1 Å². The van der Waals surface area contributed by atoms with Gasteiger partial charge in [0, 0.05) is 6.54 Å². The topological polar surface area (TPSA) is 29.1 Å². The van der Waals surface area contributed by atoms with Crippen LogP contribution in [0.2, 0.25) is 0 Å². The number of likely N-dealkylation sites (N-methyl/N-ethyl adjacent to an activating group) is 1. The van der Waals surface area contributed by atoms with E-state index in [0.29, 0.717) is 0 Å². The Morgan fingerprint density at radius 3 is 2.86 bits per heavy atom. The molecule has 0 saturated heterocycles.